The van der Waals surface area contributed by atoms with Gasteiger partial charge < -0.3 is 15.1 Å². The normalized spacial score (nSPS) is 11.3. The fraction of sp³-hybridized carbons (Fsp3) is 0.647. The van der Waals surface area contributed by atoms with E-state index in [0.717, 1.165) is 26.2 Å². The quantitative estimate of drug-likeness (QED) is 0.749. The van der Waals surface area contributed by atoms with Gasteiger partial charge in [0.25, 0.3) is 0 Å². The maximum absolute atomic E-state index is 3.48. The van der Waals surface area contributed by atoms with Crippen molar-refractivity contribution in [2.75, 3.05) is 45.7 Å². The van der Waals surface area contributed by atoms with Crippen molar-refractivity contribution < 1.29 is 0 Å². The average molecular weight is 277 g/mol. The Labute approximate surface area is 125 Å². The number of rotatable bonds is 9. The number of anilines is 1. The fourth-order valence-corrected chi connectivity index (χ4v) is 2.13. The molecule has 0 fully saturated rings. The SMILES string of the molecule is CC(C)CNCc1ccc(N(C)CCCN(C)C)cc1. The van der Waals surface area contributed by atoms with E-state index in [0.29, 0.717) is 5.92 Å². The van der Waals surface area contributed by atoms with Crippen LogP contribution in [0.15, 0.2) is 24.3 Å². The molecule has 1 N–H and O–H groups in total. The summed E-state index contributed by atoms with van der Waals surface area (Å²) in [6.07, 6.45) is 1.20. The summed E-state index contributed by atoms with van der Waals surface area (Å²) >= 11 is 0. The van der Waals surface area contributed by atoms with E-state index >= 15 is 0 Å². The van der Waals surface area contributed by atoms with Crippen LogP contribution in [0.5, 0.6) is 0 Å². The van der Waals surface area contributed by atoms with E-state index in [1.807, 2.05) is 0 Å². The van der Waals surface area contributed by atoms with Gasteiger partial charge in [-0.05, 0) is 57.2 Å². The summed E-state index contributed by atoms with van der Waals surface area (Å²) in [5, 5.41) is 3.48. The first kappa shape index (κ1) is 17.0. The highest BCUT2D eigenvalue weighted by atomic mass is 15.1. The maximum atomic E-state index is 3.48. The van der Waals surface area contributed by atoms with Gasteiger partial charge in [-0.25, -0.2) is 0 Å². The van der Waals surface area contributed by atoms with Gasteiger partial charge in [0.1, 0.15) is 0 Å². The number of hydrogen-bond acceptors (Lipinski definition) is 3. The van der Waals surface area contributed by atoms with Crippen LogP contribution in [0.4, 0.5) is 5.69 Å². The largest absolute Gasteiger partial charge is 0.375 e. The Morgan fingerprint density at radius 2 is 1.65 bits per heavy atom. The van der Waals surface area contributed by atoms with Crippen LogP contribution in [0.2, 0.25) is 0 Å². The molecule has 0 unspecified atom stereocenters. The minimum absolute atomic E-state index is 0.706. The second kappa shape index (κ2) is 8.98. The van der Waals surface area contributed by atoms with Crippen molar-refractivity contribution in [1.82, 2.24) is 10.2 Å². The molecule has 0 saturated carbocycles. The third kappa shape index (κ3) is 6.92. The van der Waals surface area contributed by atoms with Crippen LogP contribution >= 0.6 is 0 Å². The molecule has 1 rings (SSSR count). The van der Waals surface area contributed by atoms with Gasteiger partial charge in [-0.1, -0.05) is 26.0 Å². The Balaban J connectivity index is 2.37. The fourth-order valence-electron chi connectivity index (χ4n) is 2.13. The Hall–Kier alpha value is -1.06. The summed E-state index contributed by atoms with van der Waals surface area (Å²) in [5.41, 5.74) is 2.66. The third-order valence-electron chi connectivity index (χ3n) is 3.36. The first-order chi connectivity index (χ1) is 9.49. The van der Waals surface area contributed by atoms with Gasteiger partial charge >= 0.3 is 0 Å². The Morgan fingerprint density at radius 1 is 1.00 bits per heavy atom. The maximum Gasteiger partial charge on any atom is 0.0363 e. The summed E-state index contributed by atoms with van der Waals surface area (Å²) in [7, 11) is 6.42. The molecular formula is C17H31N3. The van der Waals surface area contributed by atoms with Crippen molar-refractivity contribution in [2.45, 2.75) is 26.8 Å². The van der Waals surface area contributed by atoms with Gasteiger partial charge in [-0.2, -0.15) is 0 Å². The smallest absolute Gasteiger partial charge is 0.0363 e. The van der Waals surface area contributed by atoms with Crippen molar-refractivity contribution in [2.24, 2.45) is 5.92 Å². The minimum Gasteiger partial charge on any atom is -0.375 e. The van der Waals surface area contributed by atoms with E-state index in [-0.39, 0.29) is 0 Å². The molecule has 0 aliphatic carbocycles. The molecular weight excluding hydrogens is 246 g/mol. The van der Waals surface area contributed by atoms with Crippen molar-refractivity contribution in [3.8, 4) is 0 Å². The van der Waals surface area contributed by atoms with Gasteiger partial charge in [-0.15, -0.1) is 0 Å². The molecule has 0 spiro atoms. The van der Waals surface area contributed by atoms with Crippen LogP contribution in [-0.4, -0.2) is 45.7 Å². The third-order valence-corrected chi connectivity index (χ3v) is 3.36. The molecule has 3 nitrogen and oxygen atoms in total. The summed E-state index contributed by atoms with van der Waals surface area (Å²) in [6, 6.07) is 8.90. The Kier molecular flexibility index (Phi) is 7.63. The standard InChI is InChI=1S/C17H31N3/c1-15(2)13-18-14-16-7-9-17(10-8-16)20(5)12-6-11-19(3)4/h7-10,15,18H,6,11-14H2,1-5H3. The second-order valence-corrected chi connectivity index (χ2v) is 6.27. The molecule has 0 aliphatic rings. The second-order valence-electron chi connectivity index (χ2n) is 6.27. The lowest BCUT2D eigenvalue weighted by Gasteiger charge is -2.20. The summed E-state index contributed by atoms with van der Waals surface area (Å²) in [4.78, 5) is 4.56. The molecule has 0 saturated heterocycles. The van der Waals surface area contributed by atoms with Crippen LogP contribution < -0.4 is 10.2 Å². The molecule has 114 valence electrons. The van der Waals surface area contributed by atoms with E-state index in [1.54, 1.807) is 0 Å². The van der Waals surface area contributed by atoms with Crippen LogP contribution in [0.3, 0.4) is 0 Å². The van der Waals surface area contributed by atoms with Gasteiger partial charge in [0.15, 0.2) is 0 Å². The molecule has 20 heavy (non-hydrogen) atoms. The topological polar surface area (TPSA) is 18.5 Å². The number of hydrogen-bond donors (Lipinski definition) is 1. The molecule has 0 atom stereocenters. The Morgan fingerprint density at radius 3 is 2.20 bits per heavy atom. The monoisotopic (exact) mass is 277 g/mol. The number of benzene rings is 1. The Bertz CT molecular complexity index is 357. The number of nitrogens with zero attached hydrogens (tertiary/aromatic N) is 2. The molecule has 0 heterocycles. The molecule has 3 heteroatoms. The zero-order valence-electron chi connectivity index (χ0n) is 13.8. The minimum atomic E-state index is 0.706. The van der Waals surface area contributed by atoms with E-state index in [4.69, 9.17) is 0 Å². The molecule has 1 aromatic carbocycles. The van der Waals surface area contributed by atoms with Gasteiger partial charge in [0.2, 0.25) is 0 Å². The van der Waals surface area contributed by atoms with Gasteiger partial charge in [0, 0.05) is 25.8 Å². The zero-order chi connectivity index (χ0) is 15.0. The molecule has 0 aliphatic heterocycles. The highest BCUT2D eigenvalue weighted by molar-refractivity contribution is 5.46. The highest BCUT2D eigenvalue weighted by Crippen LogP contribution is 2.14. The molecule has 0 aromatic heterocycles. The summed E-state index contributed by atoms with van der Waals surface area (Å²) in [5.74, 6) is 0.706. The zero-order valence-corrected chi connectivity index (χ0v) is 13.8. The van der Waals surface area contributed by atoms with Crippen LogP contribution in [0.25, 0.3) is 0 Å². The van der Waals surface area contributed by atoms with Crippen molar-refractivity contribution in [3.05, 3.63) is 29.8 Å². The van der Waals surface area contributed by atoms with E-state index in [1.165, 1.54) is 17.7 Å². The van der Waals surface area contributed by atoms with Gasteiger partial charge in [-0.3, -0.25) is 0 Å². The average Bonchev–Trinajstić information content (AvgIpc) is 2.38. The molecule has 1 aromatic rings. The first-order valence-electron chi connectivity index (χ1n) is 7.64. The number of nitrogens with one attached hydrogen (secondary N) is 1. The van der Waals surface area contributed by atoms with Crippen molar-refractivity contribution in [3.63, 3.8) is 0 Å². The summed E-state index contributed by atoms with van der Waals surface area (Å²) < 4.78 is 0. The van der Waals surface area contributed by atoms with Crippen LogP contribution in [-0.2, 0) is 6.54 Å². The van der Waals surface area contributed by atoms with E-state index < -0.39 is 0 Å². The van der Waals surface area contributed by atoms with Crippen molar-refractivity contribution >= 4 is 5.69 Å². The van der Waals surface area contributed by atoms with E-state index in [2.05, 4.69) is 74.4 Å². The van der Waals surface area contributed by atoms with Crippen LogP contribution in [0.1, 0.15) is 25.8 Å². The molecule has 0 bridgehead atoms. The molecule has 0 radical (unpaired) electrons. The van der Waals surface area contributed by atoms with E-state index in [9.17, 15) is 0 Å². The molecule has 0 amide bonds. The predicted molar refractivity (Wildman–Crippen MR) is 89.4 cm³/mol. The predicted octanol–water partition coefficient (Wildman–Crippen LogP) is 2.82. The first-order valence-corrected chi connectivity index (χ1v) is 7.64. The van der Waals surface area contributed by atoms with Crippen molar-refractivity contribution in [1.29, 1.82) is 0 Å². The summed E-state index contributed by atoms with van der Waals surface area (Å²) in [6.45, 7) is 8.75. The highest BCUT2D eigenvalue weighted by Gasteiger charge is 2.01. The lowest BCUT2D eigenvalue weighted by molar-refractivity contribution is 0.401. The van der Waals surface area contributed by atoms with Gasteiger partial charge in [0.05, 0.1) is 0 Å². The lowest BCUT2D eigenvalue weighted by Crippen LogP contribution is -2.23. The van der Waals surface area contributed by atoms with Crippen LogP contribution in [0, 0.1) is 5.92 Å². The lowest BCUT2D eigenvalue weighted by atomic mass is 10.1.